The van der Waals surface area contributed by atoms with Gasteiger partial charge in [0.15, 0.2) is 0 Å². The molecule has 0 amide bonds. The highest BCUT2D eigenvalue weighted by atomic mass is 16.5. The van der Waals surface area contributed by atoms with E-state index in [0.717, 1.165) is 11.3 Å². The van der Waals surface area contributed by atoms with Gasteiger partial charge >= 0.3 is 5.97 Å². The molecule has 0 atom stereocenters. The van der Waals surface area contributed by atoms with Gasteiger partial charge in [0.05, 0.1) is 12.7 Å². The van der Waals surface area contributed by atoms with E-state index < -0.39 is 0 Å². The van der Waals surface area contributed by atoms with Gasteiger partial charge in [0, 0.05) is 11.9 Å². The van der Waals surface area contributed by atoms with E-state index in [9.17, 15) is 4.79 Å². The lowest BCUT2D eigenvalue weighted by Crippen LogP contribution is -2.14. The fourth-order valence-electron chi connectivity index (χ4n) is 1.42. The van der Waals surface area contributed by atoms with E-state index in [1.165, 1.54) is 7.11 Å². The zero-order chi connectivity index (χ0) is 11.0. The second-order valence-corrected chi connectivity index (χ2v) is 3.22. The molecule has 0 N–H and O–H groups in total. The number of methoxy groups -OCH3 is 1. The summed E-state index contributed by atoms with van der Waals surface area (Å²) in [6.45, 7) is 1.82. The number of rotatable bonds is 1. The zero-order valence-corrected chi connectivity index (χ0v) is 8.52. The van der Waals surface area contributed by atoms with Gasteiger partial charge in [-0.05, 0) is 24.6 Å². The van der Waals surface area contributed by atoms with E-state index in [-0.39, 0.29) is 5.97 Å². The van der Waals surface area contributed by atoms with E-state index >= 15 is 0 Å². The smallest absolute Gasteiger partial charge is 0.339 e. The van der Waals surface area contributed by atoms with Crippen molar-refractivity contribution in [2.24, 2.45) is 0 Å². The van der Waals surface area contributed by atoms with Gasteiger partial charge < -0.3 is 9.14 Å². The van der Waals surface area contributed by atoms with Gasteiger partial charge in [0.25, 0.3) is 0 Å². The van der Waals surface area contributed by atoms with Gasteiger partial charge in [-0.3, -0.25) is 0 Å². The van der Waals surface area contributed by atoms with Crippen LogP contribution in [-0.4, -0.2) is 30.3 Å². The summed E-state index contributed by atoms with van der Waals surface area (Å²) in [7, 11) is 7.14. The highest BCUT2D eigenvalue weighted by Crippen LogP contribution is 2.06. The van der Waals surface area contributed by atoms with Crippen LogP contribution in [0.4, 0.5) is 0 Å². The molecule has 2 aromatic rings. The number of hydrogen-bond donors (Lipinski definition) is 0. The molecule has 4 nitrogen and oxygen atoms in total. The molecular weight excluding hydrogens is 191 g/mol. The summed E-state index contributed by atoms with van der Waals surface area (Å²) in [6, 6.07) is 3.39. The Kier molecular flexibility index (Phi) is 2.23. The molecule has 2 radical (unpaired) electrons. The van der Waals surface area contributed by atoms with Crippen LogP contribution in [-0.2, 0) is 4.74 Å². The lowest BCUT2D eigenvalue weighted by atomic mass is 10.0. The number of fused-ring (bicyclic) bond motifs is 1. The van der Waals surface area contributed by atoms with Crippen LogP contribution in [0.25, 0.3) is 5.65 Å². The number of carbonyl (C=O) groups excluding carboxylic acids is 1. The first-order valence-electron chi connectivity index (χ1n) is 4.46. The van der Waals surface area contributed by atoms with E-state index in [0.29, 0.717) is 11.2 Å². The van der Waals surface area contributed by atoms with Crippen molar-refractivity contribution in [2.45, 2.75) is 6.92 Å². The molecule has 0 aromatic carbocycles. The third kappa shape index (κ3) is 1.50. The number of nitrogens with zero attached hydrogens (tertiary/aromatic N) is 2. The summed E-state index contributed by atoms with van der Waals surface area (Å²) in [5.74, 6) is -0.386. The topological polar surface area (TPSA) is 43.6 Å². The Morgan fingerprint density at radius 2 is 2.27 bits per heavy atom. The summed E-state index contributed by atoms with van der Waals surface area (Å²) in [5, 5.41) is 0. The first-order chi connectivity index (χ1) is 7.13. The molecule has 0 aliphatic carbocycles. The lowest BCUT2D eigenvalue weighted by molar-refractivity contribution is 0.0600. The SMILES string of the molecule is [B]c1c(C)nc2ccc(C(=O)OC)cn12. The second kappa shape index (κ2) is 3.42. The number of imidazole rings is 1. The van der Waals surface area contributed by atoms with E-state index in [2.05, 4.69) is 9.72 Å². The van der Waals surface area contributed by atoms with Gasteiger partial charge in [-0.1, -0.05) is 0 Å². The Morgan fingerprint density at radius 3 is 2.93 bits per heavy atom. The van der Waals surface area contributed by atoms with Gasteiger partial charge in [0.1, 0.15) is 13.5 Å². The molecular formula is C10H9BN2O2. The van der Waals surface area contributed by atoms with Crippen LogP contribution in [0, 0.1) is 6.92 Å². The molecule has 0 spiro atoms. The summed E-state index contributed by atoms with van der Waals surface area (Å²) >= 11 is 0. The largest absolute Gasteiger partial charge is 0.465 e. The summed E-state index contributed by atoms with van der Waals surface area (Å²) in [4.78, 5) is 15.5. The number of hydrogen-bond acceptors (Lipinski definition) is 3. The van der Waals surface area contributed by atoms with Crippen LogP contribution in [0.15, 0.2) is 18.3 Å². The molecule has 0 saturated heterocycles. The van der Waals surface area contributed by atoms with Crippen molar-refractivity contribution in [2.75, 3.05) is 7.11 Å². The van der Waals surface area contributed by atoms with E-state index in [4.69, 9.17) is 7.85 Å². The average molecular weight is 200 g/mol. The third-order valence-corrected chi connectivity index (χ3v) is 2.26. The van der Waals surface area contributed by atoms with Crippen molar-refractivity contribution < 1.29 is 9.53 Å². The molecule has 0 saturated carbocycles. The zero-order valence-electron chi connectivity index (χ0n) is 8.52. The molecule has 0 aliphatic rings. The summed E-state index contributed by atoms with van der Waals surface area (Å²) in [5.41, 5.74) is 2.46. The monoisotopic (exact) mass is 200 g/mol. The lowest BCUT2D eigenvalue weighted by Gasteiger charge is -2.01. The van der Waals surface area contributed by atoms with Crippen molar-refractivity contribution in [1.29, 1.82) is 0 Å². The Hall–Kier alpha value is -1.78. The first-order valence-corrected chi connectivity index (χ1v) is 4.46. The van der Waals surface area contributed by atoms with Crippen molar-refractivity contribution in [1.82, 2.24) is 9.38 Å². The highest BCUT2D eigenvalue weighted by Gasteiger charge is 2.08. The number of esters is 1. The van der Waals surface area contributed by atoms with Crippen LogP contribution in [0.1, 0.15) is 16.1 Å². The molecule has 2 heterocycles. The number of carbonyl (C=O) groups is 1. The fourth-order valence-corrected chi connectivity index (χ4v) is 1.42. The Morgan fingerprint density at radius 1 is 1.53 bits per heavy atom. The highest BCUT2D eigenvalue weighted by molar-refractivity contribution is 6.32. The van der Waals surface area contributed by atoms with E-state index in [1.54, 1.807) is 22.7 Å². The second-order valence-electron chi connectivity index (χ2n) is 3.22. The van der Waals surface area contributed by atoms with Gasteiger partial charge in [-0.15, -0.1) is 0 Å². The quantitative estimate of drug-likeness (QED) is 0.488. The Balaban J connectivity index is 2.64. The van der Waals surface area contributed by atoms with Crippen LogP contribution >= 0.6 is 0 Å². The number of pyridine rings is 1. The minimum Gasteiger partial charge on any atom is -0.465 e. The van der Waals surface area contributed by atoms with Crippen LogP contribution in [0.2, 0.25) is 0 Å². The molecule has 0 bridgehead atoms. The maximum atomic E-state index is 11.3. The fraction of sp³-hybridized carbons (Fsp3) is 0.200. The van der Waals surface area contributed by atoms with Crippen molar-refractivity contribution in [3.05, 3.63) is 29.6 Å². The summed E-state index contributed by atoms with van der Waals surface area (Å²) < 4.78 is 6.29. The molecule has 74 valence electrons. The van der Waals surface area contributed by atoms with Crippen molar-refractivity contribution >= 4 is 25.1 Å². The van der Waals surface area contributed by atoms with Gasteiger partial charge in [-0.25, -0.2) is 9.78 Å². The molecule has 2 aromatic heterocycles. The van der Waals surface area contributed by atoms with E-state index in [1.807, 2.05) is 6.92 Å². The third-order valence-electron chi connectivity index (χ3n) is 2.26. The molecule has 0 fully saturated rings. The van der Waals surface area contributed by atoms with Crippen molar-refractivity contribution in [3.63, 3.8) is 0 Å². The molecule has 2 rings (SSSR count). The van der Waals surface area contributed by atoms with Crippen LogP contribution in [0.3, 0.4) is 0 Å². The maximum absolute atomic E-state index is 11.3. The molecule has 15 heavy (non-hydrogen) atoms. The molecule has 0 aliphatic heterocycles. The Labute approximate surface area is 88.3 Å². The number of aromatic nitrogens is 2. The summed E-state index contributed by atoms with van der Waals surface area (Å²) in [6.07, 6.45) is 1.62. The molecule has 5 heteroatoms. The predicted molar refractivity (Wildman–Crippen MR) is 56.7 cm³/mol. The van der Waals surface area contributed by atoms with Gasteiger partial charge in [-0.2, -0.15) is 0 Å². The standard InChI is InChI=1S/C10H9BN2O2/c1-6-9(11)13-5-7(10(14)15-2)3-4-8(13)12-6/h3-5H,1-2H3. The average Bonchev–Trinajstić information content (AvgIpc) is 2.54. The minimum absolute atomic E-state index is 0.386. The predicted octanol–water partition coefficient (Wildman–Crippen LogP) is 0.223. The maximum Gasteiger partial charge on any atom is 0.339 e. The Bertz CT molecular complexity index is 533. The normalized spacial score (nSPS) is 10.5. The van der Waals surface area contributed by atoms with Crippen LogP contribution < -0.4 is 5.59 Å². The van der Waals surface area contributed by atoms with Gasteiger partial charge in [0.2, 0.25) is 0 Å². The number of ether oxygens (including phenoxy) is 1. The van der Waals surface area contributed by atoms with Crippen LogP contribution in [0.5, 0.6) is 0 Å². The number of aryl methyl sites for hydroxylation is 1. The van der Waals surface area contributed by atoms with Crippen molar-refractivity contribution in [3.8, 4) is 0 Å². The first kappa shape index (κ1) is 9.77. The molecule has 0 unspecified atom stereocenters. The minimum atomic E-state index is -0.386.